The highest BCUT2D eigenvalue weighted by atomic mass is 35.5. The maximum absolute atomic E-state index is 9.34. The van der Waals surface area contributed by atoms with E-state index in [1.54, 1.807) is 0 Å². The number of hydrogen-bond donors (Lipinski definition) is 2. The van der Waals surface area contributed by atoms with Gasteiger partial charge in [-0.1, -0.05) is 88.6 Å². The van der Waals surface area contributed by atoms with Crippen molar-refractivity contribution in [1.82, 2.24) is 0 Å². The Hall–Kier alpha value is -0.810. The monoisotopic (exact) mass is 463 g/mol. The second-order valence-electron chi connectivity index (χ2n) is 8.26. The predicted octanol–water partition coefficient (Wildman–Crippen LogP) is -2.47. The maximum atomic E-state index is 9.34. The van der Waals surface area contributed by atoms with Gasteiger partial charge in [0.1, 0.15) is 5.54 Å². The van der Waals surface area contributed by atoms with Crippen LogP contribution in [0, 0.1) is 0 Å². The number of aliphatic hydroxyl groups is 1. The van der Waals surface area contributed by atoms with Crippen molar-refractivity contribution in [3.05, 3.63) is 35.9 Å². The second-order valence-corrected chi connectivity index (χ2v) is 8.26. The molecule has 178 valence electrons. The Labute approximate surface area is 197 Å². The molecular weight excluding hydrogens is 421 g/mol. The molecule has 3 N–H and O–H groups in total. The van der Waals surface area contributed by atoms with Gasteiger partial charge in [-0.15, -0.1) is 0 Å². The number of unbranched alkanes of at least 4 members (excludes halogenated alkanes) is 9. The van der Waals surface area contributed by atoms with Crippen molar-refractivity contribution in [1.29, 1.82) is 0 Å². The van der Waals surface area contributed by atoms with Gasteiger partial charge in [0.15, 0.2) is 0 Å². The topological polar surface area (TPSA) is 77.0 Å². The molecule has 1 aromatic carbocycles. The van der Waals surface area contributed by atoms with E-state index in [1.807, 2.05) is 0 Å². The van der Waals surface area contributed by atoms with Crippen molar-refractivity contribution in [3.8, 4) is 0 Å². The van der Waals surface area contributed by atoms with Crippen molar-refractivity contribution in [3.63, 3.8) is 0 Å². The van der Waals surface area contributed by atoms with E-state index in [4.69, 9.17) is 5.11 Å². The van der Waals surface area contributed by atoms with E-state index < -0.39 is 12.1 Å². The number of benzene rings is 1. The van der Waals surface area contributed by atoms with Gasteiger partial charge in [0.25, 0.3) is 0 Å². The molecule has 0 aliphatic heterocycles. The van der Waals surface area contributed by atoms with Crippen LogP contribution in [-0.2, 0) is 10.3 Å². The van der Waals surface area contributed by atoms with Gasteiger partial charge >= 0.3 is 0 Å². The lowest BCUT2D eigenvalue weighted by atomic mass is 9.94. The summed E-state index contributed by atoms with van der Waals surface area (Å²) in [7, 11) is 0. The van der Waals surface area contributed by atoms with Crippen LogP contribution in [0.1, 0.15) is 97.5 Å². The molecule has 1 atom stereocenters. The van der Waals surface area contributed by atoms with E-state index >= 15 is 0 Å². The zero-order valence-electron chi connectivity index (χ0n) is 19.3. The summed E-state index contributed by atoms with van der Waals surface area (Å²) < 4.78 is 0. The van der Waals surface area contributed by atoms with Crippen LogP contribution in [0.4, 0.5) is 0 Å². The van der Waals surface area contributed by atoms with E-state index in [0.29, 0.717) is 0 Å². The average molecular weight is 465 g/mol. The van der Waals surface area contributed by atoms with Crippen molar-refractivity contribution < 1.29 is 45.1 Å². The van der Waals surface area contributed by atoms with E-state index in [2.05, 4.69) is 56.4 Å². The smallest absolute Gasteiger partial charge is 0.116 e. The van der Waals surface area contributed by atoms with E-state index in [1.165, 1.54) is 76.3 Å². The molecule has 0 fully saturated rings. The Morgan fingerprint density at radius 1 is 0.933 bits per heavy atom. The van der Waals surface area contributed by atoms with Crippen molar-refractivity contribution in [2.24, 2.45) is 0 Å². The van der Waals surface area contributed by atoms with Gasteiger partial charge in [0, 0.05) is 5.56 Å². The number of nitrogens with two attached hydrogens (primary N) is 1. The van der Waals surface area contributed by atoms with Crippen molar-refractivity contribution in [2.75, 3.05) is 6.54 Å². The van der Waals surface area contributed by atoms with Crippen LogP contribution >= 0.6 is 0 Å². The number of halogens is 2. The molecule has 0 spiro atoms. The Kier molecular flexibility index (Phi) is 24.1. The Bertz CT molecular complexity index is 496. The predicted molar refractivity (Wildman–Crippen MR) is 115 cm³/mol. The van der Waals surface area contributed by atoms with Crippen molar-refractivity contribution >= 4 is 5.97 Å². The fraction of sp³-hybridized carbons (Fsp3) is 0.708. The quantitative estimate of drug-likeness (QED) is 0.300. The van der Waals surface area contributed by atoms with Gasteiger partial charge in [0.05, 0.1) is 18.6 Å². The highest BCUT2D eigenvalue weighted by Crippen LogP contribution is 2.14. The number of rotatable bonds is 14. The fourth-order valence-electron chi connectivity index (χ4n) is 3.08. The molecule has 0 heterocycles. The molecule has 0 aliphatic carbocycles. The number of aliphatic carboxylic acids is 1. The Balaban J connectivity index is -0.000000799. The lowest BCUT2D eigenvalue weighted by Gasteiger charge is -2.23. The standard InChI is InChI=1S/C21H37N.C3H6O3.2ClH/c1-4-5-6-7-8-9-10-11-12-16-19-22-21(2,3)20-17-14-13-15-18-20;1-2(4)3(5)6;;/h13-15,17-18,22H,4-12,16,19H2,1-3H3;2,4H,1H3,(H,5,6);2*1H/p-2. The third kappa shape index (κ3) is 19.2. The van der Waals surface area contributed by atoms with Gasteiger partial charge in [-0.05, 0) is 33.6 Å². The summed E-state index contributed by atoms with van der Waals surface area (Å²) in [4.78, 5) is 9.34. The molecule has 6 heteroatoms. The minimum Gasteiger partial charge on any atom is -1.00 e. The molecule has 0 radical (unpaired) electrons. The summed E-state index contributed by atoms with van der Waals surface area (Å²) >= 11 is 0. The summed E-state index contributed by atoms with van der Waals surface area (Å²) in [5.74, 6) is -1.44. The number of aliphatic hydroxyl groups excluding tert-OH is 1. The zero-order valence-corrected chi connectivity index (χ0v) is 20.9. The summed E-state index contributed by atoms with van der Waals surface area (Å²) in [5.41, 5.74) is 1.64. The molecule has 1 aromatic rings. The third-order valence-electron chi connectivity index (χ3n) is 5.07. The molecule has 1 rings (SSSR count). The summed E-state index contributed by atoms with van der Waals surface area (Å²) in [5, 5.41) is 19.8. The first-order valence-corrected chi connectivity index (χ1v) is 11.1. The lowest BCUT2D eigenvalue weighted by Crippen LogP contribution is -3.00. The van der Waals surface area contributed by atoms with E-state index in [-0.39, 0.29) is 30.4 Å². The first-order valence-electron chi connectivity index (χ1n) is 11.1. The highest BCUT2D eigenvalue weighted by molar-refractivity contribution is 5.68. The van der Waals surface area contributed by atoms with E-state index in [9.17, 15) is 9.90 Å². The van der Waals surface area contributed by atoms with Crippen LogP contribution in [0.3, 0.4) is 0 Å². The molecule has 0 saturated carbocycles. The third-order valence-corrected chi connectivity index (χ3v) is 5.07. The van der Waals surface area contributed by atoms with Gasteiger partial charge in [-0.2, -0.15) is 0 Å². The number of carbonyl (C=O) groups is 1. The minimum atomic E-state index is -1.44. The fourth-order valence-corrected chi connectivity index (χ4v) is 3.08. The molecule has 0 aromatic heterocycles. The Morgan fingerprint density at radius 2 is 1.33 bits per heavy atom. The normalized spacial score (nSPS) is 11.4. The number of hydrogen-bond acceptors (Lipinski definition) is 3. The number of carboxylic acids is 1. The summed E-state index contributed by atoms with van der Waals surface area (Å²) in [6.45, 7) is 9.33. The number of carbonyl (C=O) groups excluding carboxylic acids is 1. The van der Waals surface area contributed by atoms with Gasteiger partial charge in [0.2, 0.25) is 0 Å². The van der Waals surface area contributed by atoms with Crippen molar-refractivity contribution in [2.45, 2.75) is 104 Å². The molecule has 0 aliphatic rings. The van der Waals surface area contributed by atoms with Gasteiger partial charge in [-0.25, -0.2) is 0 Å². The highest BCUT2D eigenvalue weighted by Gasteiger charge is 2.22. The van der Waals surface area contributed by atoms with Crippen LogP contribution in [0.15, 0.2) is 30.3 Å². The van der Waals surface area contributed by atoms with Crippen LogP contribution in [0.5, 0.6) is 0 Å². The zero-order chi connectivity index (χ0) is 21.3. The molecule has 0 saturated heterocycles. The lowest BCUT2D eigenvalue weighted by molar-refractivity contribution is -0.729. The molecule has 1 unspecified atom stereocenters. The number of quaternary nitrogens is 1. The summed E-state index contributed by atoms with van der Waals surface area (Å²) in [6, 6.07) is 10.9. The molecule has 0 amide bonds. The van der Waals surface area contributed by atoms with Crippen LogP contribution < -0.4 is 35.2 Å². The maximum Gasteiger partial charge on any atom is 0.116 e. The summed E-state index contributed by atoms with van der Waals surface area (Å²) in [6.07, 6.45) is 12.8. The van der Waals surface area contributed by atoms with Gasteiger partial charge < -0.3 is 45.1 Å². The largest absolute Gasteiger partial charge is 1.00 e. The molecule has 30 heavy (non-hydrogen) atoms. The van der Waals surface area contributed by atoms with Gasteiger partial charge in [-0.3, -0.25) is 0 Å². The first kappa shape index (κ1) is 33.8. The van der Waals surface area contributed by atoms with E-state index in [0.717, 1.165) is 6.92 Å². The minimum absolute atomic E-state index is 0. The van der Waals surface area contributed by atoms with Crippen LogP contribution in [0.2, 0.25) is 0 Å². The van der Waals surface area contributed by atoms with Crippen LogP contribution in [-0.4, -0.2) is 23.7 Å². The Morgan fingerprint density at radius 3 is 1.73 bits per heavy atom. The molecule has 4 nitrogen and oxygen atoms in total. The van der Waals surface area contributed by atoms with Crippen LogP contribution in [0.25, 0.3) is 0 Å². The average Bonchev–Trinajstić information content (AvgIpc) is 2.67. The first-order chi connectivity index (χ1) is 13.3. The second kappa shape index (κ2) is 21.4. The SMILES string of the molecule is CC(O)C(=O)[O-].CCCCCCCCCCCC[NH2+]C(C)(C)c1ccccc1.[Cl-].[Cl-]. The molecule has 0 bridgehead atoms. The molecular formula is C24H43Cl2NO3-2. The number of carboxylic acid groups (broad SMARTS) is 1.